The molecule has 30 heavy (non-hydrogen) atoms. The normalized spacial score (nSPS) is 11.5. The number of carbonyl (C=O) groups excluding carboxylic acids is 1. The number of hydrogen-bond acceptors (Lipinski definition) is 6. The summed E-state index contributed by atoms with van der Waals surface area (Å²) in [4.78, 5) is 22.3. The van der Waals surface area contributed by atoms with Gasteiger partial charge in [-0.3, -0.25) is 4.79 Å². The summed E-state index contributed by atoms with van der Waals surface area (Å²) in [5, 5.41) is 14.0. The van der Waals surface area contributed by atoms with Crippen LogP contribution in [0.3, 0.4) is 0 Å². The third-order valence-electron chi connectivity index (χ3n) is 5.11. The molecule has 5 aromatic rings. The van der Waals surface area contributed by atoms with Crippen LogP contribution >= 0.6 is 0 Å². The number of unbranched alkanes of at least 4 members (excludes halogenated alkanes) is 1. The molecule has 0 aliphatic heterocycles. The standard InChI is InChI=1S/C22H21N7O/c1-3-4-10-23-20-16-12-24-21-17(19(16)28-18(26-20)11-14(2)27-28)13-25-29(21)22(30)15-8-6-5-7-9-15/h5-9,11-13H,3-4,10H2,1-2H3,(H,23,26). The third-order valence-corrected chi connectivity index (χ3v) is 5.11. The molecule has 150 valence electrons. The fraction of sp³-hybridized carbons (Fsp3) is 0.227. The second kappa shape index (κ2) is 7.22. The molecule has 1 aromatic carbocycles. The summed E-state index contributed by atoms with van der Waals surface area (Å²) < 4.78 is 3.15. The Bertz CT molecular complexity index is 1380. The SMILES string of the molecule is CCCCNc1nc2cc(C)nn2c2c1cnc1c2cnn1C(=O)c1ccccc1. The predicted molar refractivity (Wildman–Crippen MR) is 116 cm³/mol. The number of fused-ring (bicyclic) bond motifs is 5. The van der Waals surface area contributed by atoms with Crippen molar-refractivity contribution in [2.45, 2.75) is 26.7 Å². The van der Waals surface area contributed by atoms with Crippen LogP contribution in [-0.4, -0.2) is 41.8 Å². The molecule has 0 amide bonds. The van der Waals surface area contributed by atoms with Crippen molar-refractivity contribution in [3.05, 3.63) is 60.0 Å². The number of benzene rings is 1. The molecule has 0 spiro atoms. The molecule has 8 nitrogen and oxygen atoms in total. The summed E-state index contributed by atoms with van der Waals surface area (Å²) in [7, 11) is 0. The van der Waals surface area contributed by atoms with Gasteiger partial charge in [0.15, 0.2) is 11.3 Å². The second-order valence-electron chi connectivity index (χ2n) is 7.28. The van der Waals surface area contributed by atoms with Crippen molar-refractivity contribution in [1.82, 2.24) is 29.4 Å². The van der Waals surface area contributed by atoms with Gasteiger partial charge in [0.2, 0.25) is 0 Å². The highest BCUT2D eigenvalue weighted by atomic mass is 16.2. The zero-order chi connectivity index (χ0) is 20.7. The molecule has 0 atom stereocenters. The van der Waals surface area contributed by atoms with E-state index in [1.54, 1.807) is 29.0 Å². The van der Waals surface area contributed by atoms with Crippen LogP contribution in [0.4, 0.5) is 5.82 Å². The van der Waals surface area contributed by atoms with E-state index in [9.17, 15) is 4.79 Å². The summed E-state index contributed by atoms with van der Waals surface area (Å²) in [6.07, 6.45) is 5.56. The molecule has 0 aliphatic carbocycles. The van der Waals surface area contributed by atoms with Crippen LogP contribution in [0.15, 0.2) is 48.8 Å². The van der Waals surface area contributed by atoms with Gasteiger partial charge in [0.25, 0.3) is 5.91 Å². The van der Waals surface area contributed by atoms with E-state index < -0.39 is 0 Å². The van der Waals surface area contributed by atoms with E-state index in [1.807, 2.05) is 31.2 Å². The molecule has 5 rings (SSSR count). The number of carbonyl (C=O) groups is 1. The lowest BCUT2D eigenvalue weighted by molar-refractivity contribution is 0.0950. The van der Waals surface area contributed by atoms with Gasteiger partial charge in [-0.25, -0.2) is 14.5 Å². The first-order valence-corrected chi connectivity index (χ1v) is 10.0. The first kappa shape index (κ1) is 18.2. The maximum Gasteiger partial charge on any atom is 0.280 e. The van der Waals surface area contributed by atoms with Crippen LogP contribution in [0, 0.1) is 6.92 Å². The molecule has 0 fully saturated rings. The van der Waals surface area contributed by atoms with Gasteiger partial charge in [0.1, 0.15) is 5.82 Å². The number of pyridine rings is 1. The molecule has 4 heterocycles. The second-order valence-corrected chi connectivity index (χ2v) is 7.28. The van der Waals surface area contributed by atoms with Gasteiger partial charge in [-0.2, -0.15) is 14.9 Å². The van der Waals surface area contributed by atoms with E-state index >= 15 is 0 Å². The quantitative estimate of drug-likeness (QED) is 0.452. The molecule has 0 aliphatic rings. The summed E-state index contributed by atoms with van der Waals surface area (Å²) in [5.41, 5.74) is 3.50. The van der Waals surface area contributed by atoms with Gasteiger partial charge in [0.05, 0.1) is 28.2 Å². The zero-order valence-electron chi connectivity index (χ0n) is 16.8. The van der Waals surface area contributed by atoms with Gasteiger partial charge in [-0.05, 0) is 25.5 Å². The van der Waals surface area contributed by atoms with Crippen LogP contribution in [0.2, 0.25) is 0 Å². The van der Waals surface area contributed by atoms with E-state index in [4.69, 9.17) is 4.98 Å². The zero-order valence-corrected chi connectivity index (χ0v) is 16.8. The van der Waals surface area contributed by atoms with Gasteiger partial charge >= 0.3 is 0 Å². The molecular weight excluding hydrogens is 378 g/mol. The Morgan fingerprint density at radius 2 is 1.97 bits per heavy atom. The highest BCUT2D eigenvalue weighted by Gasteiger charge is 2.19. The average molecular weight is 399 g/mol. The van der Waals surface area contributed by atoms with E-state index in [2.05, 4.69) is 27.4 Å². The summed E-state index contributed by atoms with van der Waals surface area (Å²) in [6, 6.07) is 11.0. The number of aryl methyl sites for hydroxylation is 1. The lowest BCUT2D eigenvalue weighted by atomic mass is 10.2. The fourth-order valence-electron chi connectivity index (χ4n) is 3.64. The van der Waals surface area contributed by atoms with E-state index in [0.29, 0.717) is 11.2 Å². The van der Waals surface area contributed by atoms with Crippen molar-refractivity contribution >= 4 is 39.3 Å². The minimum Gasteiger partial charge on any atom is -0.369 e. The molecule has 0 radical (unpaired) electrons. The Balaban J connectivity index is 1.75. The number of rotatable bonds is 5. The highest BCUT2D eigenvalue weighted by Crippen LogP contribution is 2.29. The van der Waals surface area contributed by atoms with E-state index in [1.165, 1.54) is 4.68 Å². The maximum atomic E-state index is 13.0. The number of anilines is 1. The lowest BCUT2D eigenvalue weighted by Gasteiger charge is -2.10. The number of nitrogens with one attached hydrogen (secondary N) is 1. The number of nitrogens with zero attached hydrogens (tertiary/aromatic N) is 6. The molecule has 8 heteroatoms. The Morgan fingerprint density at radius 1 is 1.13 bits per heavy atom. The van der Waals surface area contributed by atoms with Crippen molar-refractivity contribution in [2.24, 2.45) is 0 Å². The first-order valence-electron chi connectivity index (χ1n) is 10.0. The van der Waals surface area contributed by atoms with Crippen molar-refractivity contribution in [2.75, 3.05) is 11.9 Å². The van der Waals surface area contributed by atoms with Crippen molar-refractivity contribution in [1.29, 1.82) is 0 Å². The average Bonchev–Trinajstić information content (AvgIpc) is 3.36. The summed E-state index contributed by atoms with van der Waals surface area (Å²) in [5.74, 6) is 0.545. The minimum absolute atomic E-state index is 0.222. The molecule has 0 unspecified atom stereocenters. The topological polar surface area (TPSA) is 90.0 Å². The Hall–Kier alpha value is -3.81. The van der Waals surface area contributed by atoms with Crippen LogP contribution < -0.4 is 5.32 Å². The predicted octanol–water partition coefficient (Wildman–Crippen LogP) is 3.84. The van der Waals surface area contributed by atoms with Gasteiger partial charge < -0.3 is 5.32 Å². The first-order chi connectivity index (χ1) is 14.7. The highest BCUT2D eigenvalue weighted by molar-refractivity contribution is 6.09. The minimum atomic E-state index is -0.222. The molecule has 4 aromatic heterocycles. The van der Waals surface area contributed by atoms with Crippen molar-refractivity contribution < 1.29 is 4.79 Å². The van der Waals surface area contributed by atoms with Gasteiger partial charge in [-0.1, -0.05) is 31.5 Å². The van der Waals surface area contributed by atoms with Gasteiger partial charge in [0, 0.05) is 24.4 Å². The molecule has 0 bridgehead atoms. The summed E-state index contributed by atoms with van der Waals surface area (Å²) in [6.45, 7) is 4.91. The Morgan fingerprint density at radius 3 is 2.77 bits per heavy atom. The van der Waals surface area contributed by atoms with Crippen molar-refractivity contribution in [3.63, 3.8) is 0 Å². The molecule has 0 saturated heterocycles. The van der Waals surface area contributed by atoms with Crippen LogP contribution in [0.5, 0.6) is 0 Å². The van der Waals surface area contributed by atoms with Gasteiger partial charge in [-0.15, -0.1) is 0 Å². The van der Waals surface area contributed by atoms with Crippen LogP contribution in [0.1, 0.15) is 35.8 Å². The Kier molecular flexibility index (Phi) is 4.39. The lowest BCUT2D eigenvalue weighted by Crippen LogP contribution is -2.14. The van der Waals surface area contributed by atoms with Crippen LogP contribution in [-0.2, 0) is 0 Å². The largest absolute Gasteiger partial charge is 0.369 e. The molecule has 1 N–H and O–H groups in total. The van der Waals surface area contributed by atoms with Crippen molar-refractivity contribution in [3.8, 4) is 0 Å². The smallest absolute Gasteiger partial charge is 0.280 e. The van der Waals surface area contributed by atoms with E-state index in [-0.39, 0.29) is 5.91 Å². The maximum absolute atomic E-state index is 13.0. The molecule has 0 saturated carbocycles. The number of hydrogen-bond donors (Lipinski definition) is 1. The van der Waals surface area contributed by atoms with Crippen LogP contribution in [0.25, 0.3) is 27.6 Å². The Labute approximate surface area is 172 Å². The van der Waals surface area contributed by atoms with E-state index in [0.717, 1.165) is 52.8 Å². The summed E-state index contributed by atoms with van der Waals surface area (Å²) >= 11 is 0. The fourth-order valence-corrected chi connectivity index (χ4v) is 3.64. The monoisotopic (exact) mass is 399 g/mol. The molecular formula is C22H21N7O. The number of aromatic nitrogens is 6. The third kappa shape index (κ3) is 2.88.